The van der Waals surface area contributed by atoms with E-state index in [0.717, 1.165) is 4.90 Å². The Morgan fingerprint density at radius 1 is 0.518 bits per heavy atom. The zero-order chi connectivity index (χ0) is 65.8. The number of esters is 1. The molecule has 0 aromatic rings. The number of cyclic esters (lactones) is 1. The molecule has 486 valence electrons. The summed E-state index contributed by atoms with van der Waals surface area (Å²) in [6, 6.07) is -11.7. The van der Waals surface area contributed by atoms with E-state index in [4.69, 9.17) is 4.74 Å². The fourth-order valence-electron chi connectivity index (χ4n) is 10.6. The van der Waals surface area contributed by atoms with Crippen molar-refractivity contribution >= 4 is 65.0 Å². The lowest BCUT2D eigenvalue weighted by molar-refractivity contribution is -0.167. The number of allylic oxidation sites excluding steroid dienone is 2. The summed E-state index contributed by atoms with van der Waals surface area (Å²) in [6.07, 6.45) is 3.69. The van der Waals surface area contributed by atoms with Crippen LogP contribution in [0, 0.1) is 41.4 Å². The summed E-state index contributed by atoms with van der Waals surface area (Å²) >= 11 is 0. The maximum atomic E-state index is 15.0. The summed E-state index contributed by atoms with van der Waals surface area (Å²) in [5, 5.41) is 14.1. The zero-order valence-electron chi connectivity index (χ0n) is 56.1. The van der Waals surface area contributed by atoms with E-state index in [1.54, 1.807) is 34.6 Å². The number of amides is 10. The van der Waals surface area contributed by atoms with Gasteiger partial charge in [-0.3, -0.25) is 47.9 Å². The van der Waals surface area contributed by atoms with Gasteiger partial charge in [0.05, 0.1) is 6.54 Å². The third-order valence-corrected chi connectivity index (χ3v) is 15.9. The molecule has 85 heavy (non-hydrogen) atoms. The summed E-state index contributed by atoms with van der Waals surface area (Å²) in [5.41, 5.74) is 0. The van der Waals surface area contributed by atoms with Crippen molar-refractivity contribution in [3.63, 3.8) is 0 Å². The van der Waals surface area contributed by atoms with Gasteiger partial charge in [-0.2, -0.15) is 0 Å². The van der Waals surface area contributed by atoms with Gasteiger partial charge in [-0.15, -0.1) is 0 Å². The van der Waals surface area contributed by atoms with Gasteiger partial charge in [-0.25, -0.2) is 4.79 Å². The highest BCUT2D eigenvalue weighted by Gasteiger charge is 2.44. The maximum absolute atomic E-state index is 15.0. The van der Waals surface area contributed by atoms with Crippen LogP contribution in [-0.4, -0.2) is 217 Å². The average Bonchev–Trinajstić information content (AvgIpc) is 3.63. The summed E-state index contributed by atoms with van der Waals surface area (Å²) in [6.45, 7) is 29.7. The van der Waals surface area contributed by atoms with Crippen LogP contribution in [-0.2, 0) is 57.5 Å². The predicted molar refractivity (Wildman–Crippen MR) is 329 cm³/mol. The van der Waals surface area contributed by atoms with Crippen molar-refractivity contribution in [2.24, 2.45) is 41.4 Å². The van der Waals surface area contributed by atoms with Crippen molar-refractivity contribution in [3.8, 4) is 0 Å². The third kappa shape index (κ3) is 22.3. The van der Waals surface area contributed by atoms with Gasteiger partial charge in [0, 0.05) is 42.3 Å². The van der Waals surface area contributed by atoms with Crippen LogP contribution in [0.4, 0.5) is 0 Å². The minimum atomic E-state index is -1.23. The van der Waals surface area contributed by atoms with Gasteiger partial charge in [0.15, 0.2) is 0 Å². The van der Waals surface area contributed by atoms with E-state index in [1.165, 1.54) is 87.7 Å². The van der Waals surface area contributed by atoms with Crippen LogP contribution in [0.3, 0.4) is 0 Å². The Morgan fingerprint density at radius 3 is 1.40 bits per heavy atom. The van der Waals surface area contributed by atoms with Crippen molar-refractivity contribution in [3.05, 3.63) is 12.2 Å². The van der Waals surface area contributed by atoms with E-state index in [1.807, 2.05) is 81.4 Å². The fraction of sp³-hybridized carbons (Fsp3) is 0.790. The van der Waals surface area contributed by atoms with E-state index in [9.17, 15) is 47.9 Å². The van der Waals surface area contributed by atoms with E-state index in [-0.39, 0.29) is 55.8 Å². The molecule has 0 saturated carbocycles. The highest BCUT2D eigenvalue weighted by Crippen LogP contribution is 2.25. The largest absolute Gasteiger partial charge is 0.458 e. The molecule has 1 saturated heterocycles. The molecule has 7 unspecified atom stereocenters. The smallest absolute Gasteiger partial charge is 0.329 e. The summed E-state index contributed by atoms with van der Waals surface area (Å²) in [5.74, 6) is -9.18. The molecule has 1 fully saturated rings. The highest BCUT2D eigenvalue weighted by molar-refractivity contribution is 5.98. The number of nitrogens with zero attached hydrogens (tertiary/aromatic N) is 6. The van der Waals surface area contributed by atoms with Crippen LogP contribution in [0.5, 0.6) is 0 Å². The Kier molecular flexibility index (Phi) is 32.1. The Morgan fingerprint density at radius 2 is 0.953 bits per heavy atom. The predicted octanol–water partition coefficient (Wildman–Crippen LogP) is 3.58. The number of nitrogens with one attached hydrogen (secondary N) is 5. The van der Waals surface area contributed by atoms with Crippen molar-refractivity contribution in [1.29, 1.82) is 0 Å². The highest BCUT2D eigenvalue weighted by atomic mass is 16.5. The van der Waals surface area contributed by atoms with Gasteiger partial charge in [0.25, 0.3) is 0 Å². The summed E-state index contributed by atoms with van der Waals surface area (Å²) in [4.78, 5) is 167. The molecule has 23 heteroatoms. The maximum Gasteiger partial charge on any atom is 0.329 e. The first-order chi connectivity index (χ1) is 39.3. The van der Waals surface area contributed by atoms with Crippen LogP contribution in [0.25, 0.3) is 0 Å². The first-order valence-corrected chi connectivity index (χ1v) is 30.6. The molecule has 1 aliphatic rings. The molecule has 1 heterocycles. The number of hydrogen-bond acceptors (Lipinski definition) is 13. The molecule has 1 rings (SSSR count). The topological polar surface area (TPSA) is 277 Å². The molecule has 5 N–H and O–H groups in total. The van der Waals surface area contributed by atoms with E-state index >= 15 is 4.79 Å². The Balaban J connectivity index is 4.25. The average molecular weight is 1200 g/mol. The van der Waals surface area contributed by atoms with Gasteiger partial charge < -0.3 is 60.7 Å². The van der Waals surface area contributed by atoms with E-state index < -0.39 is 156 Å². The monoisotopic (exact) mass is 1200 g/mol. The molecule has 1 aliphatic heterocycles. The van der Waals surface area contributed by atoms with E-state index in [0.29, 0.717) is 6.42 Å². The number of ether oxygens (including phenoxy) is 1. The van der Waals surface area contributed by atoms with Crippen LogP contribution >= 0.6 is 0 Å². The number of rotatable bonds is 15. The fourth-order valence-corrected chi connectivity index (χ4v) is 10.6. The quantitative estimate of drug-likeness (QED) is 0.116. The summed E-state index contributed by atoms with van der Waals surface area (Å²) in [7, 11) is 10.2. The second kappa shape index (κ2) is 35.5. The molecular weight excluding hydrogens is 1090 g/mol. The van der Waals surface area contributed by atoms with Crippen molar-refractivity contribution in [2.75, 3.05) is 55.9 Å². The van der Waals surface area contributed by atoms with Crippen molar-refractivity contribution in [1.82, 2.24) is 56.0 Å². The summed E-state index contributed by atoms with van der Waals surface area (Å²) < 4.78 is 6.35. The lowest BCUT2D eigenvalue weighted by atomic mass is 9.92. The molecule has 0 bridgehead atoms. The van der Waals surface area contributed by atoms with Crippen LogP contribution in [0.2, 0.25) is 0 Å². The molecular formula is C62H111N11O12. The molecule has 0 aromatic carbocycles. The van der Waals surface area contributed by atoms with Gasteiger partial charge in [0.1, 0.15) is 66.5 Å². The van der Waals surface area contributed by atoms with E-state index in [2.05, 4.69) is 26.6 Å². The minimum absolute atomic E-state index is 0.0974. The molecule has 0 aliphatic carbocycles. The third-order valence-electron chi connectivity index (χ3n) is 15.9. The first kappa shape index (κ1) is 76.9. The van der Waals surface area contributed by atoms with Gasteiger partial charge >= 0.3 is 5.97 Å². The lowest BCUT2D eigenvalue weighted by Crippen LogP contribution is -2.61. The van der Waals surface area contributed by atoms with Crippen LogP contribution in [0.1, 0.15) is 156 Å². The SMILES string of the molecule is C/C=C/C[C@@H](C)C1OC(=O)C(C(C)C)N(C)C(=O)[C@H](CC(C)C)N(C)C(=O)C(CC(C)C)N(C)C(=O)[C@@H](C)NC(=O)[C@H](C)NC(=O)C(CC(C)C)N(C)C(=O)[C@H](C(C)C)NC(=O)C(CC(C)C)N(C)C(=O)CN(C)C(=O)C(CC)NC(=O)C1NC. The number of carbonyl (C=O) groups excluding carboxylic acids is 11. The zero-order valence-corrected chi connectivity index (χ0v) is 56.1. The first-order valence-electron chi connectivity index (χ1n) is 30.6. The van der Waals surface area contributed by atoms with Gasteiger partial charge in [0.2, 0.25) is 59.1 Å². The van der Waals surface area contributed by atoms with Crippen LogP contribution < -0.4 is 26.6 Å². The molecule has 12 atom stereocenters. The second-order valence-corrected chi connectivity index (χ2v) is 25.9. The molecule has 0 spiro atoms. The van der Waals surface area contributed by atoms with Crippen molar-refractivity contribution in [2.45, 2.75) is 223 Å². The molecule has 0 aromatic heterocycles. The molecule has 10 amide bonds. The number of carbonyl (C=O) groups is 11. The number of likely N-dealkylation sites (N-methyl/N-ethyl adjacent to an activating group) is 7. The Bertz CT molecular complexity index is 2310. The Hall–Kier alpha value is -6.13. The van der Waals surface area contributed by atoms with Gasteiger partial charge in [-0.05, 0) is 108 Å². The molecule has 0 radical (unpaired) electrons. The lowest BCUT2D eigenvalue weighted by Gasteiger charge is -2.40. The second-order valence-electron chi connectivity index (χ2n) is 25.9. The minimum Gasteiger partial charge on any atom is -0.458 e. The normalized spacial score (nSPS) is 27.4. The van der Waals surface area contributed by atoms with Crippen LogP contribution in [0.15, 0.2) is 12.2 Å². The molecule has 23 nitrogen and oxygen atoms in total. The van der Waals surface area contributed by atoms with Gasteiger partial charge in [-0.1, -0.05) is 109 Å². The Labute approximate surface area is 509 Å². The van der Waals surface area contributed by atoms with Crippen molar-refractivity contribution < 1.29 is 57.5 Å². The number of hydrogen-bond donors (Lipinski definition) is 5. The standard InChI is InChI=1S/C62H111N11O12/c1-25-27-28-40(15)52-50(63-18)56(78)66-43(26-2)58(80)68(19)33-48(74)69(20)44(29-34(3)4)55(77)67-49(38(11)12)61(83)70(21)45(30-35(5)6)54(76)64-41(16)53(75)65-42(17)57(79)71(22)46(31-36(7)8)59(81)72(23)47(32-37(9)10)60(82)73(24)51(39(13)14)62(84)85-52/h25,27,34-47,49-52,63H,26,28-33H2,1-24H3,(H,64,76)(H,65,75)(H,66,78)(H,67,77)/b27-25+/t40-,41+,42-,43?,44?,45?,46?,47+,49+,50?,51?,52?/m1/s1.